The van der Waals surface area contributed by atoms with Gasteiger partial charge in [0.05, 0.1) is 6.20 Å². The first-order valence-electron chi connectivity index (χ1n) is 2.89. The number of unbranched alkanes of at least 4 members (excludes halogenated alkanes) is 2. The topological polar surface area (TPSA) is 29.4 Å². The normalized spacial score (nSPS) is 10.1. The maximum absolute atomic E-state index is 9.43. The van der Waals surface area contributed by atoms with Crippen LogP contribution in [0.15, 0.2) is 17.5 Å². The number of nitroso groups, excluding NO2 is 1. The van der Waals surface area contributed by atoms with Gasteiger partial charge in [-0.25, -0.2) is 0 Å². The second kappa shape index (κ2) is 6.34. The summed E-state index contributed by atoms with van der Waals surface area (Å²) in [7, 11) is 0. The first kappa shape index (κ1) is 7.34. The minimum atomic E-state index is 0.974. The van der Waals surface area contributed by atoms with Crippen molar-refractivity contribution in [3.8, 4) is 0 Å². The van der Waals surface area contributed by atoms with Gasteiger partial charge in [-0.2, -0.15) is 0 Å². The van der Waals surface area contributed by atoms with Crippen LogP contribution in [0.1, 0.15) is 26.2 Å². The van der Waals surface area contributed by atoms with Gasteiger partial charge in [-0.05, 0) is 11.6 Å². The smallest absolute Gasteiger partial charge is 0.0675 e. The number of nitrogens with zero attached hydrogens (tertiary/aromatic N) is 1. The molecule has 0 N–H and O–H groups in total. The summed E-state index contributed by atoms with van der Waals surface area (Å²) >= 11 is 0. The molecule has 0 aliphatic rings. The molecule has 0 aromatic carbocycles. The van der Waals surface area contributed by atoms with Crippen LogP contribution in [0.2, 0.25) is 0 Å². The molecular formula is C6H11NO. The summed E-state index contributed by atoms with van der Waals surface area (Å²) in [6, 6.07) is 0. The fraction of sp³-hybridized carbons (Fsp3) is 0.667. The molecule has 0 spiro atoms. The largest absolute Gasteiger partial charge is 0.145 e. The maximum atomic E-state index is 9.43. The van der Waals surface area contributed by atoms with Crippen LogP contribution < -0.4 is 0 Å². The lowest BCUT2D eigenvalue weighted by Crippen LogP contribution is -1.64. The van der Waals surface area contributed by atoms with E-state index in [1.807, 2.05) is 0 Å². The minimum Gasteiger partial charge on any atom is -0.145 e. The van der Waals surface area contributed by atoms with Crippen molar-refractivity contribution < 1.29 is 0 Å². The molecule has 0 bridgehead atoms. The third kappa shape index (κ3) is 5.34. The summed E-state index contributed by atoms with van der Waals surface area (Å²) in [5.41, 5.74) is 0. The third-order valence-electron chi connectivity index (χ3n) is 0.891. The monoisotopic (exact) mass is 113 g/mol. The van der Waals surface area contributed by atoms with Gasteiger partial charge in [-0.15, -0.1) is 4.91 Å². The van der Waals surface area contributed by atoms with Gasteiger partial charge in [0.2, 0.25) is 0 Å². The number of hydrogen-bond acceptors (Lipinski definition) is 2. The summed E-state index contributed by atoms with van der Waals surface area (Å²) in [6.07, 6.45) is 6.38. The van der Waals surface area contributed by atoms with Crippen LogP contribution in [0.4, 0.5) is 0 Å². The quantitative estimate of drug-likeness (QED) is 0.406. The second-order valence-corrected chi connectivity index (χ2v) is 1.63. The van der Waals surface area contributed by atoms with Crippen molar-refractivity contribution in [2.75, 3.05) is 0 Å². The molecule has 0 saturated heterocycles. The molecule has 0 amide bonds. The van der Waals surface area contributed by atoms with E-state index in [9.17, 15) is 4.91 Å². The van der Waals surface area contributed by atoms with Gasteiger partial charge in [0.1, 0.15) is 0 Å². The molecule has 8 heavy (non-hydrogen) atoms. The summed E-state index contributed by atoms with van der Waals surface area (Å²) < 4.78 is 0. The Labute approximate surface area is 49.6 Å². The first-order chi connectivity index (χ1) is 3.91. The van der Waals surface area contributed by atoms with Crippen LogP contribution in [-0.4, -0.2) is 0 Å². The van der Waals surface area contributed by atoms with Gasteiger partial charge in [0, 0.05) is 0 Å². The van der Waals surface area contributed by atoms with Crippen molar-refractivity contribution in [1.29, 1.82) is 0 Å². The van der Waals surface area contributed by atoms with Gasteiger partial charge >= 0.3 is 0 Å². The fourth-order valence-corrected chi connectivity index (χ4v) is 0.440. The van der Waals surface area contributed by atoms with Gasteiger partial charge in [0.25, 0.3) is 0 Å². The molecule has 0 fully saturated rings. The van der Waals surface area contributed by atoms with Crippen LogP contribution in [0.5, 0.6) is 0 Å². The molecule has 2 heteroatoms. The molecular weight excluding hydrogens is 102 g/mol. The van der Waals surface area contributed by atoms with E-state index >= 15 is 0 Å². The third-order valence-corrected chi connectivity index (χ3v) is 0.891. The maximum Gasteiger partial charge on any atom is 0.0675 e. The first-order valence-corrected chi connectivity index (χ1v) is 2.89. The lowest BCUT2D eigenvalue weighted by atomic mass is 10.2. The molecule has 0 rings (SSSR count). The minimum absolute atomic E-state index is 0.974. The van der Waals surface area contributed by atoms with Gasteiger partial charge < -0.3 is 0 Å². The molecule has 2 nitrogen and oxygen atoms in total. The molecule has 0 atom stereocenters. The zero-order valence-corrected chi connectivity index (χ0v) is 5.13. The Balaban J connectivity index is 2.91. The van der Waals surface area contributed by atoms with Crippen LogP contribution in [0.25, 0.3) is 0 Å². The average Bonchev–Trinajstić information content (AvgIpc) is 1.81. The zero-order valence-electron chi connectivity index (χ0n) is 5.13. The summed E-state index contributed by atoms with van der Waals surface area (Å²) in [4.78, 5) is 9.43. The molecule has 0 saturated carbocycles. The van der Waals surface area contributed by atoms with Gasteiger partial charge in [-0.3, -0.25) is 0 Å². The van der Waals surface area contributed by atoms with Gasteiger partial charge in [0.15, 0.2) is 0 Å². The Bertz CT molecular complexity index is 78.6. The highest BCUT2D eigenvalue weighted by Gasteiger charge is 1.75. The molecule has 0 aliphatic carbocycles. The van der Waals surface area contributed by atoms with Crippen LogP contribution in [0, 0.1) is 4.91 Å². The molecule has 0 heterocycles. The molecule has 0 aromatic heterocycles. The van der Waals surface area contributed by atoms with Crippen molar-refractivity contribution in [2.45, 2.75) is 26.2 Å². The SMILES string of the molecule is CCCC/C=C\N=O. The second-order valence-electron chi connectivity index (χ2n) is 1.63. The standard InChI is InChI=1S/C6H11NO/c1-2-3-4-5-6-7-8/h5-6H,2-4H2,1H3/b6-5-. The Morgan fingerprint density at radius 2 is 2.38 bits per heavy atom. The number of allylic oxidation sites excluding steroid dienone is 1. The molecule has 0 unspecified atom stereocenters. The molecule has 0 radical (unpaired) electrons. The van der Waals surface area contributed by atoms with E-state index in [2.05, 4.69) is 12.1 Å². The lowest BCUT2D eigenvalue weighted by Gasteiger charge is -1.83. The van der Waals surface area contributed by atoms with E-state index < -0.39 is 0 Å². The predicted octanol–water partition coefficient (Wildman–Crippen LogP) is 2.46. The summed E-state index contributed by atoms with van der Waals surface area (Å²) in [5, 5.41) is 2.58. The average molecular weight is 113 g/mol. The Hall–Kier alpha value is -0.660. The van der Waals surface area contributed by atoms with E-state index in [-0.39, 0.29) is 0 Å². The van der Waals surface area contributed by atoms with Crippen molar-refractivity contribution >= 4 is 0 Å². The summed E-state index contributed by atoms with van der Waals surface area (Å²) in [6.45, 7) is 2.11. The zero-order chi connectivity index (χ0) is 6.24. The highest BCUT2D eigenvalue weighted by molar-refractivity contribution is 4.77. The van der Waals surface area contributed by atoms with E-state index in [1.54, 1.807) is 6.08 Å². The fourth-order valence-electron chi connectivity index (χ4n) is 0.440. The Morgan fingerprint density at radius 1 is 1.62 bits per heavy atom. The van der Waals surface area contributed by atoms with E-state index in [4.69, 9.17) is 0 Å². The van der Waals surface area contributed by atoms with E-state index in [1.165, 1.54) is 12.6 Å². The lowest BCUT2D eigenvalue weighted by molar-refractivity contribution is 0.813. The highest BCUT2D eigenvalue weighted by atomic mass is 16.2. The molecule has 0 aromatic rings. The van der Waals surface area contributed by atoms with Crippen molar-refractivity contribution in [3.05, 3.63) is 17.2 Å². The Kier molecular flexibility index (Phi) is 5.82. The highest BCUT2D eigenvalue weighted by Crippen LogP contribution is 1.93. The molecule has 0 aliphatic heterocycles. The predicted molar refractivity (Wildman–Crippen MR) is 34.5 cm³/mol. The van der Waals surface area contributed by atoms with Crippen molar-refractivity contribution in [2.24, 2.45) is 5.18 Å². The summed E-state index contributed by atoms with van der Waals surface area (Å²) in [5.74, 6) is 0. The van der Waals surface area contributed by atoms with Crippen LogP contribution in [0.3, 0.4) is 0 Å². The van der Waals surface area contributed by atoms with Crippen LogP contribution in [-0.2, 0) is 0 Å². The Morgan fingerprint density at radius 3 is 2.88 bits per heavy atom. The van der Waals surface area contributed by atoms with Gasteiger partial charge in [-0.1, -0.05) is 25.8 Å². The number of rotatable bonds is 4. The van der Waals surface area contributed by atoms with E-state index in [0.29, 0.717) is 0 Å². The van der Waals surface area contributed by atoms with Crippen molar-refractivity contribution in [3.63, 3.8) is 0 Å². The van der Waals surface area contributed by atoms with Crippen molar-refractivity contribution in [1.82, 2.24) is 0 Å². The van der Waals surface area contributed by atoms with Crippen LogP contribution >= 0.6 is 0 Å². The van der Waals surface area contributed by atoms with E-state index in [0.717, 1.165) is 12.8 Å². The molecule has 46 valence electrons. The number of hydrogen-bond donors (Lipinski definition) is 0.